The number of carbonyl (C=O) groups excluding carboxylic acids is 2. The zero-order chi connectivity index (χ0) is 18.0. The molecule has 1 aliphatic rings. The lowest BCUT2D eigenvalue weighted by Crippen LogP contribution is -2.36. The average Bonchev–Trinajstić information content (AvgIpc) is 2.55. The summed E-state index contributed by atoms with van der Waals surface area (Å²) in [5.41, 5.74) is 5.04. The van der Waals surface area contributed by atoms with E-state index in [0.29, 0.717) is 17.8 Å². The van der Waals surface area contributed by atoms with Crippen molar-refractivity contribution in [1.29, 1.82) is 0 Å². The number of aryl methyl sites for hydroxylation is 3. The summed E-state index contributed by atoms with van der Waals surface area (Å²) in [6.07, 6.45) is 0.616. The van der Waals surface area contributed by atoms with Gasteiger partial charge in [0, 0.05) is 18.5 Å². The van der Waals surface area contributed by atoms with Crippen molar-refractivity contribution in [3.8, 4) is 0 Å². The lowest BCUT2D eigenvalue weighted by molar-refractivity contribution is -0.118. The van der Waals surface area contributed by atoms with Gasteiger partial charge in [-0.1, -0.05) is 23.8 Å². The average molecular weight is 335 g/mol. The molecule has 25 heavy (non-hydrogen) atoms. The maximum absolute atomic E-state index is 12.5. The van der Waals surface area contributed by atoms with Crippen LogP contribution >= 0.6 is 0 Å². The normalized spacial score (nSPS) is 14.3. The third kappa shape index (κ3) is 3.94. The van der Waals surface area contributed by atoms with Gasteiger partial charge in [0.05, 0.1) is 5.69 Å². The first-order valence-electron chi connectivity index (χ1n) is 8.29. The summed E-state index contributed by atoms with van der Waals surface area (Å²) in [7, 11) is 0. The molecule has 0 atom stereocenters. The molecular formula is C20H21N3O2. The minimum absolute atomic E-state index is 0.105. The molecule has 0 fully saturated rings. The number of benzene rings is 2. The third-order valence-electron chi connectivity index (χ3n) is 4.05. The van der Waals surface area contributed by atoms with Crippen LogP contribution in [-0.2, 0) is 9.59 Å². The molecule has 128 valence electrons. The molecule has 0 aliphatic carbocycles. The predicted octanol–water partition coefficient (Wildman–Crippen LogP) is 3.73. The molecule has 0 aromatic heterocycles. The van der Waals surface area contributed by atoms with Crippen LogP contribution in [-0.4, -0.2) is 17.5 Å². The van der Waals surface area contributed by atoms with Crippen LogP contribution in [0, 0.1) is 20.8 Å². The molecule has 0 radical (unpaired) electrons. The number of hydrogen-bond donors (Lipinski definition) is 1. The summed E-state index contributed by atoms with van der Waals surface area (Å²) in [5, 5.41) is 8.49. The number of nitrogens with one attached hydrogen (secondary N) is 1. The number of anilines is 2. The Morgan fingerprint density at radius 3 is 2.24 bits per heavy atom. The summed E-state index contributed by atoms with van der Waals surface area (Å²) in [5.74, 6) is -0.374. The molecule has 2 aromatic rings. The number of carbonyl (C=O) groups is 2. The molecule has 1 aliphatic heterocycles. The van der Waals surface area contributed by atoms with Crippen LogP contribution in [0.1, 0.15) is 29.5 Å². The molecule has 2 amide bonds. The van der Waals surface area contributed by atoms with Crippen LogP contribution in [0.2, 0.25) is 0 Å². The van der Waals surface area contributed by atoms with E-state index in [0.717, 1.165) is 22.4 Å². The van der Waals surface area contributed by atoms with E-state index in [-0.39, 0.29) is 18.2 Å². The summed E-state index contributed by atoms with van der Waals surface area (Å²) in [6, 6.07) is 13.4. The van der Waals surface area contributed by atoms with Crippen LogP contribution in [0.3, 0.4) is 0 Å². The number of hydrogen-bond acceptors (Lipinski definition) is 3. The number of rotatable bonds is 3. The van der Waals surface area contributed by atoms with E-state index < -0.39 is 0 Å². The summed E-state index contributed by atoms with van der Waals surface area (Å²) in [4.78, 5) is 24.7. The van der Waals surface area contributed by atoms with Gasteiger partial charge in [-0.2, -0.15) is 5.10 Å². The molecule has 1 N–H and O–H groups in total. The van der Waals surface area contributed by atoms with Gasteiger partial charge in [-0.25, -0.2) is 5.01 Å². The molecular weight excluding hydrogens is 314 g/mol. The minimum Gasteiger partial charge on any atom is -0.321 e. The topological polar surface area (TPSA) is 61.8 Å². The van der Waals surface area contributed by atoms with E-state index in [1.807, 2.05) is 63.2 Å². The van der Waals surface area contributed by atoms with Gasteiger partial charge in [0.25, 0.3) is 5.91 Å². The quantitative estimate of drug-likeness (QED) is 0.929. The Labute approximate surface area is 147 Å². The van der Waals surface area contributed by atoms with E-state index in [9.17, 15) is 9.59 Å². The van der Waals surface area contributed by atoms with E-state index in [1.54, 1.807) is 0 Å². The highest BCUT2D eigenvalue weighted by atomic mass is 16.2. The van der Waals surface area contributed by atoms with Gasteiger partial charge in [-0.3, -0.25) is 9.59 Å². The van der Waals surface area contributed by atoms with E-state index >= 15 is 0 Å². The largest absolute Gasteiger partial charge is 0.321 e. The number of nitrogens with zero attached hydrogens (tertiary/aromatic N) is 2. The molecule has 0 saturated heterocycles. The fraction of sp³-hybridized carbons (Fsp3) is 0.250. The van der Waals surface area contributed by atoms with Gasteiger partial charge >= 0.3 is 0 Å². The van der Waals surface area contributed by atoms with Gasteiger partial charge in [-0.15, -0.1) is 0 Å². The van der Waals surface area contributed by atoms with Gasteiger partial charge in [0.1, 0.15) is 5.71 Å². The second-order valence-electron chi connectivity index (χ2n) is 6.42. The van der Waals surface area contributed by atoms with Crippen LogP contribution in [0.5, 0.6) is 0 Å². The van der Waals surface area contributed by atoms with Crippen molar-refractivity contribution in [2.24, 2.45) is 5.10 Å². The van der Waals surface area contributed by atoms with Crippen molar-refractivity contribution in [2.75, 3.05) is 10.3 Å². The predicted molar refractivity (Wildman–Crippen MR) is 99.9 cm³/mol. The highest BCUT2D eigenvalue weighted by Gasteiger charge is 2.25. The summed E-state index contributed by atoms with van der Waals surface area (Å²) < 4.78 is 0. The second kappa shape index (κ2) is 6.89. The Bertz CT molecular complexity index is 833. The lowest BCUT2D eigenvalue weighted by atomic mass is 10.1. The summed E-state index contributed by atoms with van der Waals surface area (Å²) >= 11 is 0. The molecule has 2 aromatic carbocycles. The molecule has 0 unspecified atom stereocenters. The molecule has 0 saturated carbocycles. The Morgan fingerprint density at radius 2 is 1.60 bits per heavy atom. The standard InChI is InChI=1S/C20H21N3O2/c1-13-4-6-17(7-5-13)23-19(24)9-8-18(22-23)20(25)21-16-11-14(2)10-15(3)12-16/h4-7,10-12H,8-9H2,1-3H3,(H,21,25). The highest BCUT2D eigenvalue weighted by Crippen LogP contribution is 2.21. The monoisotopic (exact) mass is 335 g/mol. The van der Waals surface area contributed by atoms with Gasteiger partial charge in [0.2, 0.25) is 5.91 Å². The zero-order valence-corrected chi connectivity index (χ0v) is 14.7. The maximum atomic E-state index is 12.5. The van der Waals surface area contributed by atoms with Crippen LogP contribution in [0.15, 0.2) is 47.6 Å². The van der Waals surface area contributed by atoms with E-state index in [2.05, 4.69) is 10.4 Å². The van der Waals surface area contributed by atoms with Crippen molar-refractivity contribution in [2.45, 2.75) is 33.6 Å². The Kier molecular flexibility index (Phi) is 4.65. The molecule has 5 nitrogen and oxygen atoms in total. The van der Waals surface area contributed by atoms with Gasteiger partial charge in [-0.05, 0) is 56.2 Å². The first-order chi connectivity index (χ1) is 11.9. The van der Waals surface area contributed by atoms with Crippen LogP contribution in [0.4, 0.5) is 11.4 Å². The van der Waals surface area contributed by atoms with Crippen molar-refractivity contribution in [3.63, 3.8) is 0 Å². The number of hydrazone groups is 1. The fourth-order valence-electron chi connectivity index (χ4n) is 2.85. The van der Waals surface area contributed by atoms with Gasteiger partial charge < -0.3 is 5.32 Å². The van der Waals surface area contributed by atoms with Crippen molar-refractivity contribution < 1.29 is 9.59 Å². The van der Waals surface area contributed by atoms with E-state index in [4.69, 9.17) is 0 Å². The Balaban J connectivity index is 1.83. The number of amides is 2. The molecule has 0 spiro atoms. The first kappa shape index (κ1) is 16.9. The second-order valence-corrected chi connectivity index (χ2v) is 6.42. The summed E-state index contributed by atoms with van der Waals surface area (Å²) in [6.45, 7) is 5.95. The zero-order valence-electron chi connectivity index (χ0n) is 14.7. The van der Waals surface area contributed by atoms with Crippen LogP contribution in [0.25, 0.3) is 0 Å². The molecule has 5 heteroatoms. The Morgan fingerprint density at radius 1 is 0.960 bits per heavy atom. The smallest absolute Gasteiger partial charge is 0.271 e. The third-order valence-corrected chi connectivity index (χ3v) is 4.05. The maximum Gasteiger partial charge on any atom is 0.271 e. The lowest BCUT2D eigenvalue weighted by Gasteiger charge is -2.23. The van der Waals surface area contributed by atoms with Crippen molar-refractivity contribution >= 4 is 28.9 Å². The molecule has 3 rings (SSSR count). The van der Waals surface area contributed by atoms with Crippen molar-refractivity contribution in [3.05, 3.63) is 59.2 Å². The molecule has 1 heterocycles. The first-order valence-corrected chi connectivity index (χ1v) is 8.29. The van der Waals surface area contributed by atoms with Gasteiger partial charge in [0.15, 0.2) is 0 Å². The fourth-order valence-corrected chi connectivity index (χ4v) is 2.85. The van der Waals surface area contributed by atoms with Crippen molar-refractivity contribution in [1.82, 2.24) is 0 Å². The minimum atomic E-state index is -0.269. The van der Waals surface area contributed by atoms with E-state index in [1.165, 1.54) is 5.01 Å². The SMILES string of the molecule is Cc1ccc(N2N=C(C(=O)Nc3cc(C)cc(C)c3)CCC2=O)cc1. The highest BCUT2D eigenvalue weighted by molar-refractivity contribution is 6.44. The Hall–Kier alpha value is -2.95. The molecule has 0 bridgehead atoms. The van der Waals surface area contributed by atoms with Crippen LogP contribution < -0.4 is 10.3 Å².